The highest BCUT2D eigenvalue weighted by Crippen LogP contribution is 2.25. The van der Waals surface area contributed by atoms with Crippen molar-refractivity contribution in [1.82, 2.24) is 19.9 Å². The first-order chi connectivity index (χ1) is 13.9. The molecule has 3 heterocycles. The Hall–Kier alpha value is -3.13. The SMILES string of the molecule is Cc1c(Cc2nc3cc([C@@H]4CCCCN4)[nH]n3c(=O)c2C)ccc(N)c1C(=O)O. The summed E-state index contributed by atoms with van der Waals surface area (Å²) in [6, 6.07) is 5.52. The van der Waals surface area contributed by atoms with Gasteiger partial charge in [0.05, 0.1) is 17.0 Å². The Labute approximate surface area is 167 Å². The second-order valence-electron chi connectivity index (χ2n) is 7.69. The highest BCUT2D eigenvalue weighted by Gasteiger charge is 2.20. The van der Waals surface area contributed by atoms with E-state index in [9.17, 15) is 14.7 Å². The summed E-state index contributed by atoms with van der Waals surface area (Å²) < 4.78 is 1.49. The summed E-state index contributed by atoms with van der Waals surface area (Å²) in [5.41, 5.74) is 10.1. The van der Waals surface area contributed by atoms with Gasteiger partial charge in [-0.2, -0.15) is 0 Å². The Balaban J connectivity index is 1.75. The number of aromatic nitrogens is 3. The molecular weight excluding hydrogens is 370 g/mol. The van der Waals surface area contributed by atoms with Gasteiger partial charge in [0, 0.05) is 29.8 Å². The number of carbonyl (C=O) groups is 1. The van der Waals surface area contributed by atoms with E-state index in [4.69, 9.17) is 10.7 Å². The van der Waals surface area contributed by atoms with Gasteiger partial charge in [-0.15, -0.1) is 0 Å². The second-order valence-corrected chi connectivity index (χ2v) is 7.69. The summed E-state index contributed by atoms with van der Waals surface area (Å²) >= 11 is 0. The molecule has 1 atom stereocenters. The largest absolute Gasteiger partial charge is 0.478 e. The van der Waals surface area contributed by atoms with Gasteiger partial charge >= 0.3 is 5.97 Å². The van der Waals surface area contributed by atoms with Crippen LogP contribution in [0.1, 0.15) is 63.7 Å². The van der Waals surface area contributed by atoms with Crippen molar-refractivity contribution in [1.29, 1.82) is 0 Å². The third-order valence-corrected chi connectivity index (χ3v) is 5.83. The maximum absolute atomic E-state index is 12.9. The monoisotopic (exact) mass is 395 g/mol. The predicted octanol–water partition coefficient (Wildman–Crippen LogP) is 2.33. The van der Waals surface area contributed by atoms with Gasteiger partial charge < -0.3 is 16.2 Å². The fourth-order valence-corrected chi connectivity index (χ4v) is 4.07. The normalized spacial score (nSPS) is 17.0. The molecule has 0 amide bonds. The van der Waals surface area contributed by atoms with Crippen molar-refractivity contribution in [2.24, 2.45) is 0 Å². The maximum Gasteiger partial charge on any atom is 0.338 e. The first-order valence-corrected chi connectivity index (χ1v) is 9.82. The van der Waals surface area contributed by atoms with Crippen molar-refractivity contribution in [2.75, 3.05) is 12.3 Å². The number of fused-ring (bicyclic) bond motifs is 1. The van der Waals surface area contributed by atoms with Crippen molar-refractivity contribution in [3.05, 3.63) is 62.2 Å². The zero-order valence-corrected chi connectivity index (χ0v) is 16.6. The number of anilines is 1. The average molecular weight is 395 g/mol. The van der Waals surface area contributed by atoms with E-state index in [1.54, 1.807) is 26.0 Å². The number of aromatic amines is 1. The minimum atomic E-state index is -1.06. The van der Waals surface area contributed by atoms with Gasteiger partial charge in [0.2, 0.25) is 0 Å². The molecule has 0 bridgehead atoms. The van der Waals surface area contributed by atoms with Crippen molar-refractivity contribution >= 4 is 17.3 Å². The van der Waals surface area contributed by atoms with Gasteiger partial charge in [-0.3, -0.25) is 9.89 Å². The number of nitrogen functional groups attached to an aromatic ring is 1. The number of hydrogen-bond donors (Lipinski definition) is 4. The second kappa shape index (κ2) is 7.36. The highest BCUT2D eigenvalue weighted by molar-refractivity contribution is 5.95. The molecule has 4 rings (SSSR count). The summed E-state index contributed by atoms with van der Waals surface area (Å²) in [5.74, 6) is -1.06. The number of aromatic carboxylic acids is 1. The zero-order valence-electron chi connectivity index (χ0n) is 16.6. The molecule has 0 unspecified atom stereocenters. The quantitative estimate of drug-likeness (QED) is 0.502. The highest BCUT2D eigenvalue weighted by atomic mass is 16.4. The molecule has 1 aliphatic rings. The van der Waals surface area contributed by atoms with Crippen molar-refractivity contribution in [3.63, 3.8) is 0 Å². The van der Waals surface area contributed by atoms with E-state index >= 15 is 0 Å². The molecule has 2 aromatic heterocycles. The molecule has 3 aromatic rings. The van der Waals surface area contributed by atoms with Crippen LogP contribution in [0.15, 0.2) is 23.0 Å². The smallest absolute Gasteiger partial charge is 0.338 e. The van der Waals surface area contributed by atoms with Crippen LogP contribution in [0, 0.1) is 13.8 Å². The van der Waals surface area contributed by atoms with Crippen LogP contribution < -0.4 is 16.6 Å². The molecule has 1 aromatic carbocycles. The zero-order chi connectivity index (χ0) is 20.7. The Bertz CT molecular complexity index is 1160. The minimum absolute atomic E-state index is 0.102. The number of benzene rings is 1. The van der Waals surface area contributed by atoms with Crippen LogP contribution >= 0.6 is 0 Å². The molecule has 1 fully saturated rings. The number of nitrogens with two attached hydrogens (primary N) is 1. The molecule has 0 spiro atoms. The van der Waals surface area contributed by atoms with E-state index in [1.165, 1.54) is 4.52 Å². The molecule has 0 saturated carbocycles. The molecular formula is C21H25N5O3. The van der Waals surface area contributed by atoms with Crippen LogP contribution in [0.5, 0.6) is 0 Å². The van der Waals surface area contributed by atoms with Gasteiger partial charge in [-0.05, 0) is 50.4 Å². The van der Waals surface area contributed by atoms with Crippen molar-refractivity contribution < 1.29 is 9.90 Å². The molecule has 8 nitrogen and oxygen atoms in total. The Morgan fingerprint density at radius 3 is 2.79 bits per heavy atom. The van der Waals surface area contributed by atoms with E-state index in [0.29, 0.717) is 28.9 Å². The van der Waals surface area contributed by atoms with Crippen LogP contribution in [-0.2, 0) is 6.42 Å². The first kappa shape index (κ1) is 19.2. The number of carboxylic acid groups (broad SMARTS) is 1. The van der Waals surface area contributed by atoms with Gasteiger partial charge in [0.15, 0.2) is 5.65 Å². The van der Waals surface area contributed by atoms with Crippen LogP contribution in [0.4, 0.5) is 5.69 Å². The molecule has 0 radical (unpaired) electrons. The molecule has 29 heavy (non-hydrogen) atoms. The topological polar surface area (TPSA) is 126 Å². The maximum atomic E-state index is 12.9. The standard InChI is InChI=1S/C21H25N5O3/c1-11-13(6-7-14(22)19(11)21(28)29)9-16-12(2)20(27)26-18(24-16)10-17(25-26)15-5-3-4-8-23-15/h6-7,10,15,23,25H,3-5,8-9,22H2,1-2H3,(H,28,29)/t15-/m0/s1. The van der Waals surface area contributed by atoms with Crippen LogP contribution in [0.25, 0.3) is 5.65 Å². The van der Waals surface area contributed by atoms with Gasteiger partial charge in [-0.25, -0.2) is 14.3 Å². The molecule has 1 aliphatic heterocycles. The summed E-state index contributed by atoms with van der Waals surface area (Å²) in [5, 5.41) is 16.1. The number of H-pyrrole nitrogens is 1. The van der Waals surface area contributed by atoms with E-state index in [2.05, 4.69) is 10.4 Å². The fourth-order valence-electron chi connectivity index (χ4n) is 4.07. The molecule has 5 N–H and O–H groups in total. The lowest BCUT2D eigenvalue weighted by Crippen LogP contribution is -2.27. The number of piperidine rings is 1. The predicted molar refractivity (Wildman–Crippen MR) is 111 cm³/mol. The van der Waals surface area contributed by atoms with Crippen molar-refractivity contribution in [2.45, 2.75) is 45.6 Å². The van der Waals surface area contributed by atoms with Gasteiger partial charge in [-0.1, -0.05) is 12.5 Å². The van der Waals surface area contributed by atoms with E-state index in [-0.39, 0.29) is 22.9 Å². The summed E-state index contributed by atoms with van der Waals surface area (Å²) in [4.78, 5) is 29.2. The lowest BCUT2D eigenvalue weighted by molar-refractivity contribution is 0.0697. The van der Waals surface area contributed by atoms with E-state index in [0.717, 1.165) is 37.1 Å². The number of nitrogens with one attached hydrogen (secondary N) is 2. The van der Waals surface area contributed by atoms with Crippen LogP contribution in [-0.4, -0.2) is 32.2 Å². The van der Waals surface area contributed by atoms with E-state index in [1.807, 2.05) is 6.07 Å². The Morgan fingerprint density at radius 1 is 1.31 bits per heavy atom. The molecule has 152 valence electrons. The Kier molecular flexibility index (Phi) is 4.87. The first-order valence-electron chi connectivity index (χ1n) is 9.82. The summed E-state index contributed by atoms with van der Waals surface area (Å²) in [6.45, 7) is 4.45. The number of hydrogen-bond acceptors (Lipinski definition) is 5. The summed E-state index contributed by atoms with van der Waals surface area (Å²) in [7, 11) is 0. The van der Waals surface area contributed by atoms with Crippen LogP contribution in [0.3, 0.4) is 0 Å². The van der Waals surface area contributed by atoms with Crippen molar-refractivity contribution in [3.8, 4) is 0 Å². The Morgan fingerprint density at radius 2 is 2.10 bits per heavy atom. The molecule has 1 saturated heterocycles. The fraction of sp³-hybridized carbons (Fsp3) is 0.381. The average Bonchev–Trinajstić information content (AvgIpc) is 3.13. The number of nitrogens with zero attached hydrogens (tertiary/aromatic N) is 2. The third-order valence-electron chi connectivity index (χ3n) is 5.83. The number of carboxylic acids is 1. The van der Waals surface area contributed by atoms with Gasteiger partial charge in [0.1, 0.15) is 0 Å². The summed E-state index contributed by atoms with van der Waals surface area (Å²) in [6.07, 6.45) is 3.71. The third kappa shape index (κ3) is 3.40. The lowest BCUT2D eigenvalue weighted by Gasteiger charge is -2.21. The van der Waals surface area contributed by atoms with E-state index < -0.39 is 5.97 Å². The minimum Gasteiger partial charge on any atom is -0.478 e. The molecule has 0 aliphatic carbocycles. The molecule has 8 heteroatoms. The van der Waals surface area contributed by atoms with Gasteiger partial charge in [0.25, 0.3) is 5.56 Å². The lowest BCUT2D eigenvalue weighted by atomic mass is 9.96. The van der Waals surface area contributed by atoms with Crippen LogP contribution in [0.2, 0.25) is 0 Å². The number of rotatable bonds is 4.